The zero-order valence-electron chi connectivity index (χ0n) is 18.2. The Kier molecular flexibility index (Phi) is 5.91. The van der Waals surface area contributed by atoms with E-state index >= 15 is 0 Å². The summed E-state index contributed by atoms with van der Waals surface area (Å²) in [6.07, 6.45) is 0. The minimum Gasteiger partial charge on any atom is -0.490 e. The van der Waals surface area contributed by atoms with Crippen molar-refractivity contribution in [1.29, 1.82) is 5.26 Å². The summed E-state index contributed by atoms with van der Waals surface area (Å²) in [5.41, 5.74) is 14.6. The van der Waals surface area contributed by atoms with Crippen LogP contribution in [0, 0.1) is 18.3 Å². The number of rotatable bonds is 7. The van der Waals surface area contributed by atoms with Crippen molar-refractivity contribution in [3.63, 3.8) is 0 Å². The first-order valence-corrected chi connectivity index (χ1v) is 10.3. The van der Waals surface area contributed by atoms with Gasteiger partial charge in [0, 0.05) is 0 Å². The molecule has 9 heteroatoms. The van der Waals surface area contributed by atoms with E-state index in [0.29, 0.717) is 29.7 Å². The number of aromatic nitrogens is 2. The van der Waals surface area contributed by atoms with Gasteiger partial charge >= 0.3 is 0 Å². The molecule has 2 aromatic carbocycles. The second-order valence-corrected chi connectivity index (χ2v) is 7.37. The minimum atomic E-state index is -0.595. The highest BCUT2D eigenvalue weighted by atomic mass is 16.5. The molecule has 4 rings (SSSR count). The van der Waals surface area contributed by atoms with Crippen molar-refractivity contribution in [3.8, 4) is 29.1 Å². The molecule has 0 aliphatic carbocycles. The van der Waals surface area contributed by atoms with Crippen LogP contribution in [-0.4, -0.2) is 28.9 Å². The lowest BCUT2D eigenvalue weighted by Gasteiger charge is -2.25. The van der Waals surface area contributed by atoms with E-state index in [-0.39, 0.29) is 18.1 Å². The van der Waals surface area contributed by atoms with Crippen LogP contribution in [0.3, 0.4) is 0 Å². The third-order valence-corrected chi connectivity index (χ3v) is 5.20. The summed E-state index contributed by atoms with van der Waals surface area (Å²) in [6.45, 7) is 3.80. The largest absolute Gasteiger partial charge is 0.490 e. The van der Waals surface area contributed by atoms with Crippen LogP contribution in [0.4, 0.5) is 0 Å². The molecule has 1 aromatic heterocycles. The molecule has 3 aromatic rings. The molecule has 33 heavy (non-hydrogen) atoms. The standard InChI is InChI=1S/C24H23N5O4/c1-3-31-19-11-15(9-10-18(19)32-13-20(26)30)22-17(12-25)23(27)33-24-21(22)14(2)28-29(24)16-7-5-4-6-8-16/h4-11,22H,3,13,27H2,1-2H3,(H2,26,30)/t22-/m0/s1. The number of nitrogens with zero attached hydrogens (tertiary/aromatic N) is 3. The lowest BCUT2D eigenvalue weighted by molar-refractivity contribution is -0.119. The zero-order chi connectivity index (χ0) is 23.5. The van der Waals surface area contributed by atoms with Gasteiger partial charge in [0.1, 0.15) is 11.6 Å². The summed E-state index contributed by atoms with van der Waals surface area (Å²) in [4.78, 5) is 11.1. The number of hydrogen-bond acceptors (Lipinski definition) is 7. The number of amides is 1. The summed E-state index contributed by atoms with van der Waals surface area (Å²) in [7, 11) is 0. The van der Waals surface area contributed by atoms with Crippen molar-refractivity contribution >= 4 is 5.91 Å². The predicted molar refractivity (Wildman–Crippen MR) is 120 cm³/mol. The molecule has 1 aliphatic heterocycles. The van der Waals surface area contributed by atoms with Crippen molar-refractivity contribution in [3.05, 3.63) is 76.8 Å². The fourth-order valence-corrected chi connectivity index (χ4v) is 3.83. The Balaban J connectivity index is 1.86. The van der Waals surface area contributed by atoms with Crippen molar-refractivity contribution < 1.29 is 19.0 Å². The number of para-hydroxylation sites is 1. The van der Waals surface area contributed by atoms with Gasteiger partial charge in [0.2, 0.25) is 11.8 Å². The highest BCUT2D eigenvalue weighted by Gasteiger charge is 2.36. The molecule has 168 valence electrons. The molecule has 9 nitrogen and oxygen atoms in total. The van der Waals surface area contributed by atoms with Gasteiger partial charge in [-0.1, -0.05) is 24.3 Å². The van der Waals surface area contributed by atoms with Gasteiger partial charge in [-0.25, -0.2) is 4.68 Å². The van der Waals surface area contributed by atoms with Gasteiger partial charge in [-0.3, -0.25) is 4.79 Å². The molecule has 0 saturated carbocycles. The normalized spacial score (nSPS) is 14.8. The molecular weight excluding hydrogens is 422 g/mol. The van der Waals surface area contributed by atoms with Crippen molar-refractivity contribution in [2.45, 2.75) is 19.8 Å². The molecule has 0 radical (unpaired) electrons. The zero-order valence-corrected chi connectivity index (χ0v) is 18.2. The van der Waals surface area contributed by atoms with Gasteiger partial charge in [-0.05, 0) is 43.7 Å². The number of primary amides is 1. The molecule has 2 heterocycles. The Bertz CT molecular complexity index is 1270. The maximum atomic E-state index is 11.1. The van der Waals surface area contributed by atoms with E-state index in [0.717, 1.165) is 16.8 Å². The Morgan fingerprint density at radius 3 is 2.64 bits per heavy atom. The van der Waals surface area contributed by atoms with Crippen LogP contribution in [0.1, 0.15) is 29.7 Å². The van der Waals surface area contributed by atoms with Gasteiger partial charge in [0.05, 0.1) is 29.5 Å². The van der Waals surface area contributed by atoms with Crippen LogP contribution >= 0.6 is 0 Å². The molecule has 0 saturated heterocycles. The third-order valence-electron chi connectivity index (χ3n) is 5.20. The van der Waals surface area contributed by atoms with Gasteiger partial charge in [-0.15, -0.1) is 0 Å². The number of aryl methyl sites for hydroxylation is 1. The fourth-order valence-electron chi connectivity index (χ4n) is 3.83. The number of ether oxygens (including phenoxy) is 3. The number of hydrogen-bond donors (Lipinski definition) is 2. The number of nitriles is 1. The highest BCUT2D eigenvalue weighted by Crippen LogP contribution is 2.46. The maximum absolute atomic E-state index is 11.1. The van der Waals surface area contributed by atoms with Crippen LogP contribution in [0.25, 0.3) is 5.69 Å². The summed E-state index contributed by atoms with van der Waals surface area (Å²) in [5, 5.41) is 14.6. The van der Waals surface area contributed by atoms with E-state index < -0.39 is 11.8 Å². The highest BCUT2D eigenvalue weighted by molar-refractivity contribution is 5.75. The molecule has 1 aliphatic rings. The van der Waals surface area contributed by atoms with E-state index in [1.165, 1.54) is 0 Å². The van der Waals surface area contributed by atoms with Gasteiger partial charge in [-0.2, -0.15) is 10.4 Å². The summed E-state index contributed by atoms with van der Waals surface area (Å²) in [6, 6.07) is 17.0. The van der Waals surface area contributed by atoms with E-state index in [1.807, 2.05) is 44.2 Å². The lowest BCUT2D eigenvalue weighted by Crippen LogP contribution is -2.22. The Morgan fingerprint density at radius 2 is 1.97 bits per heavy atom. The SMILES string of the molecule is CCOc1cc([C@H]2C(C#N)=C(N)Oc3c2c(C)nn3-c2ccccc2)ccc1OCC(N)=O. The number of allylic oxidation sites excluding steroid dienone is 1. The number of benzene rings is 2. The molecule has 0 bridgehead atoms. The first-order chi connectivity index (χ1) is 15.9. The quantitative estimate of drug-likeness (QED) is 0.570. The van der Waals surface area contributed by atoms with E-state index in [4.69, 9.17) is 25.7 Å². The monoisotopic (exact) mass is 445 g/mol. The van der Waals surface area contributed by atoms with Crippen molar-refractivity contribution in [2.24, 2.45) is 11.5 Å². The molecule has 1 amide bonds. The summed E-state index contributed by atoms with van der Waals surface area (Å²) < 4.78 is 18.8. The summed E-state index contributed by atoms with van der Waals surface area (Å²) in [5.74, 6) is 0.140. The Hall–Kier alpha value is -4.45. The first kappa shape index (κ1) is 21.8. The lowest BCUT2D eigenvalue weighted by atomic mass is 9.84. The molecule has 0 fully saturated rings. The van der Waals surface area contributed by atoms with Crippen LogP contribution in [0.15, 0.2) is 60.0 Å². The van der Waals surface area contributed by atoms with Crippen LogP contribution in [0.2, 0.25) is 0 Å². The fraction of sp³-hybridized carbons (Fsp3) is 0.208. The number of carbonyl (C=O) groups is 1. The topological polar surface area (TPSA) is 138 Å². The average molecular weight is 445 g/mol. The van der Waals surface area contributed by atoms with Crippen LogP contribution < -0.4 is 25.7 Å². The van der Waals surface area contributed by atoms with Gasteiger partial charge in [0.15, 0.2) is 18.1 Å². The van der Waals surface area contributed by atoms with E-state index in [1.54, 1.807) is 22.9 Å². The number of fused-ring (bicyclic) bond motifs is 1. The van der Waals surface area contributed by atoms with Crippen molar-refractivity contribution in [1.82, 2.24) is 9.78 Å². The maximum Gasteiger partial charge on any atom is 0.255 e. The second kappa shape index (κ2) is 8.96. The van der Waals surface area contributed by atoms with E-state index in [2.05, 4.69) is 11.2 Å². The third kappa shape index (κ3) is 4.06. The molecule has 1 atom stereocenters. The van der Waals surface area contributed by atoms with E-state index in [9.17, 15) is 10.1 Å². The molecular formula is C24H23N5O4. The summed E-state index contributed by atoms with van der Waals surface area (Å²) >= 11 is 0. The molecule has 0 spiro atoms. The number of carbonyl (C=O) groups excluding carboxylic acids is 1. The second-order valence-electron chi connectivity index (χ2n) is 7.37. The van der Waals surface area contributed by atoms with Gasteiger partial charge < -0.3 is 25.7 Å². The van der Waals surface area contributed by atoms with Crippen molar-refractivity contribution in [2.75, 3.05) is 13.2 Å². The minimum absolute atomic E-state index is 0.0131. The Labute approximate surface area is 190 Å². The molecule has 4 N–H and O–H groups in total. The number of nitrogens with two attached hydrogens (primary N) is 2. The van der Waals surface area contributed by atoms with Gasteiger partial charge in [0.25, 0.3) is 5.91 Å². The first-order valence-electron chi connectivity index (χ1n) is 10.3. The smallest absolute Gasteiger partial charge is 0.255 e. The predicted octanol–water partition coefficient (Wildman–Crippen LogP) is 2.66. The van der Waals surface area contributed by atoms with Crippen LogP contribution in [0.5, 0.6) is 17.4 Å². The van der Waals surface area contributed by atoms with Crippen LogP contribution in [-0.2, 0) is 4.79 Å². The average Bonchev–Trinajstić information content (AvgIpc) is 3.13. The Morgan fingerprint density at radius 1 is 1.21 bits per heavy atom. The molecule has 0 unspecified atom stereocenters.